The average molecular weight is 448 g/mol. The Morgan fingerprint density at radius 3 is 2.48 bits per heavy atom. The van der Waals surface area contributed by atoms with Gasteiger partial charge >= 0.3 is 0 Å². The van der Waals surface area contributed by atoms with Gasteiger partial charge in [0.1, 0.15) is 28.3 Å². The molecule has 1 saturated heterocycles. The maximum absolute atomic E-state index is 12.6. The first-order valence-electron chi connectivity index (χ1n) is 9.45. The highest BCUT2D eigenvalue weighted by atomic mass is 31.2. The van der Waals surface area contributed by atoms with Crippen LogP contribution in [-0.2, 0) is 4.52 Å². The third-order valence-corrected chi connectivity index (χ3v) is 6.62. The molecule has 0 spiro atoms. The Morgan fingerprint density at radius 2 is 1.81 bits per heavy atom. The second-order valence-electron chi connectivity index (χ2n) is 7.12. The largest absolute Gasteiger partial charge is 0.504 e. The molecule has 4 N–H and O–H groups in total. The van der Waals surface area contributed by atoms with Gasteiger partial charge in [-0.3, -0.25) is 4.79 Å². The third kappa shape index (κ3) is 4.05. The molecule has 0 saturated carbocycles. The quantitative estimate of drug-likeness (QED) is 0.350. The first-order valence-corrected chi connectivity index (χ1v) is 10.7. The Bertz CT molecular complexity index is 1160. The molecule has 9 nitrogen and oxygen atoms in total. The van der Waals surface area contributed by atoms with Crippen LogP contribution < -0.4 is 14.7 Å². The van der Waals surface area contributed by atoms with Gasteiger partial charge in [0.2, 0.25) is 5.75 Å². The van der Waals surface area contributed by atoms with E-state index in [1.807, 2.05) is 0 Å². The van der Waals surface area contributed by atoms with E-state index in [0.29, 0.717) is 11.3 Å². The van der Waals surface area contributed by atoms with Crippen LogP contribution in [0.3, 0.4) is 0 Å². The number of phenolic OH excluding ortho intramolecular Hbond substituents is 2. The summed E-state index contributed by atoms with van der Waals surface area (Å²) < 4.78 is 22.0. The summed E-state index contributed by atoms with van der Waals surface area (Å²) in [6, 6.07) is 9.31. The van der Waals surface area contributed by atoms with Crippen LogP contribution in [0.2, 0.25) is 0 Å². The van der Waals surface area contributed by atoms with Gasteiger partial charge in [0.15, 0.2) is 16.9 Å². The van der Waals surface area contributed by atoms with E-state index in [1.54, 1.807) is 31.2 Å². The molecule has 3 aromatic rings. The smallest absolute Gasteiger partial charge is 0.261 e. The molecule has 2 unspecified atom stereocenters. The summed E-state index contributed by atoms with van der Waals surface area (Å²) in [5.74, 6) is -1.80. The SMILES string of the molecule is COc1ccc(-c2cc(=O)c3c(O)c(O)c(OP4O[C@H](C)C(O)C[C@@H]4O)cc3o2)cc1. The van der Waals surface area contributed by atoms with E-state index in [0.717, 1.165) is 0 Å². The third-order valence-electron chi connectivity index (χ3n) is 5.00. The Hall–Kier alpha value is -2.84. The molecule has 1 aliphatic rings. The van der Waals surface area contributed by atoms with Crippen LogP contribution in [0.5, 0.6) is 23.0 Å². The van der Waals surface area contributed by atoms with Gasteiger partial charge in [-0.05, 0) is 31.2 Å². The molecular weight excluding hydrogens is 427 g/mol. The van der Waals surface area contributed by atoms with Crippen LogP contribution in [0.1, 0.15) is 13.3 Å². The van der Waals surface area contributed by atoms with Crippen molar-refractivity contribution in [2.45, 2.75) is 31.4 Å². The lowest BCUT2D eigenvalue weighted by Gasteiger charge is -2.34. The van der Waals surface area contributed by atoms with Crippen LogP contribution in [0, 0.1) is 0 Å². The summed E-state index contributed by atoms with van der Waals surface area (Å²) in [4.78, 5) is 12.6. The van der Waals surface area contributed by atoms with E-state index in [4.69, 9.17) is 18.2 Å². The van der Waals surface area contributed by atoms with Crippen LogP contribution in [-0.4, -0.2) is 45.6 Å². The molecule has 1 aliphatic heterocycles. The lowest BCUT2D eigenvalue weighted by atomic mass is 10.1. The van der Waals surface area contributed by atoms with Gasteiger partial charge in [-0.1, -0.05) is 0 Å². The number of hydrogen-bond donors (Lipinski definition) is 4. The Labute approximate surface area is 178 Å². The van der Waals surface area contributed by atoms with Crippen molar-refractivity contribution in [3.8, 4) is 34.3 Å². The average Bonchev–Trinajstić information content (AvgIpc) is 2.75. The fraction of sp³-hybridized carbons (Fsp3) is 0.286. The van der Waals surface area contributed by atoms with Gasteiger partial charge in [-0.25, -0.2) is 0 Å². The zero-order chi connectivity index (χ0) is 22.3. The molecule has 10 heteroatoms. The zero-order valence-electron chi connectivity index (χ0n) is 16.7. The monoisotopic (exact) mass is 448 g/mol. The minimum absolute atomic E-state index is 0.0156. The molecule has 31 heavy (non-hydrogen) atoms. The van der Waals surface area contributed by atoms with Gasteiger partial charge in [-0.2, -0.15) is 0 Å². The lowest BCUT2D eigenvalue weighted by Crippen LogP contribution is -2.35. The molecule has 2 aromatic carbocycles. The van der Waals surface area contributed by atoms with Crippen molar-refractivity contribution < 1.29 is 38.6 Å². The summed E-state index contributed by atoms with van der Waals surface area (Å²) in [7, 11) is -0.394. The van der Waals surface area contributed by atoms with Gasteiger partial charge in [0.25, 0.3) is 8.38 Å². The van der Waals surface area contributed by atoms with Gasteiger partial charge in [0, 0.05) is 24.1 Å². The number of aliphatic hydroxyl groups excluding tert-OH is 2. The van der Waals surface area contributed by atoms with E-state index >= 15 is 0 Å². The highest BCUT2D eigenvalue weighted by Gasteiger charge is 2.37. The number of ether oxygens (including phenoxy) is 1. The molecule has 164 valence electrons. The van der Waals surface area contributed by atoms with E-state index in [2.05, 4.69) is 0 Å². The summed E-state index contributed by atoms with van der Waals surface area (Å²) in [5.41, 5.74) is 0.0362. The van der Waals surface area contributed by atoms with E-state index in [-0.39, 0.29) is 28.9 Å². The van der Waals surface area contributed by atoms with Gasteiger partial charge in [0.05, 0.1) is 19.3 Å². The second-order valence-corrected chi connectivity index (χ2v) is 8.68. The summed E-state index contributed by atoms with van der Waals surface area (Å²) >= 11 is 0. The number of hydrogen-bond acceptors (Lipinski definition) is 9. The molecule has 2 heterocycles. The lowest BCUT2D eigenvalue weighted by molar-refractivity contribution is -0.00531. The minimum Gasteiger partial charge on any atom is -0.504 e. The number of methoxy groups -OCH3 is 1. The minimum atomic E-state index is -1.93. The molecular formula is C21H21O9P. The molecule has 4 rings (SSSR count). The van der Waals surface area contributed by atoms with Crippen LogP contribution in [0.25, 0.3) is 22.3 Å². The van der Waals surface area contributed by atoms with Gasteiger partial charge < -0.3 is 38.6 Å². The molecule has 1 aromatic heterocycles. The zero-order valence-corrected chi connectivity index (χ0v) is 17.6. The number of aromatic hydroxyl groups is 2. The fourth-order valence-corrected chi connectivity index (χ4v) is 4.71. The van der Waals surface area contributed by atoms with Crippen molar-refractivity contribution in [1.29, 1.82) is 0 Å². The first kappa shape index (κ1) is 21.4. The van der Waals surface area contributed by atoms with E-state index < -0.39 is 43.4 Å². The normalized spacial score (nSPS) is 23.6. The van der Waals surface area contributed by atoms with Crippen molar-refractivity contribution in [3.05, 3.63) is 46.6 Å². The van der Waals surface area contributed by atoms with Crippen molar-refractivity contribution in [2.75, 3.05) is 7.11 Å². The molecule has 0 aliphatic carbocycles. The van der Waals surface area contributed by atoms with Crippen LogP contribution in [0.4, 0.5) is 0 Å². The van der Waals surface area contributed by atoms with Crippen molar-refractivity contribution in [2.24, 2.45) is 0 Å². The Morgan fingerprint density at radius 1 is 1.10 bits per heavy atom. The predicted molar refractivity (Wildman–Crippen MR) is 113 cm³/mol. The van der Waals surface area contributed by atoms with Crippen molar-refractivity contribution in [3.63, 3.8) is 0 Å². The highest BCUT2D eigenvalue weighted by Crippen LogP contribution is 2.53. The van der Waals surface area contributed by atoms with Crippen molar-refractivity contribution in [1.82, 2.24) is 0 Å². The number of aliphatic hydroxyl groups is 2. The Kier molecular flexibility index (Phi) is 5.77. The highest BCUT2D eigenvalue weighted by molar-refractivity contribution is 7.48. The first-order chi connectivity index (χ1) is 14.8. The number of fused-ring (bicyclic) bond motifs is 1. The van der Waals surface area contributed by atoms with Crippen LogP contribution in [0.15, 0.2) is 45.6 Å². The number of phenols is 2. The molecule has 4 atom stereocenters. The number of rotatable bonds is 4. The Balaban J connectivity index is 1.75. The molecule has 0 bridgehead atoms. The molecule has 1 fully saturated rings. The number of benzene rings is 2. The van der Waals surface area contributed by atoms with Gasteiger partial charge in [-0.15, -0.1) is 0 Å². The summed E-state index contributed by atoms with van der Waals surface area (Å²) in [6.45, 7) is 1.63. The standard InChI is InChI=1S/C21H21O9P/c1-10-13(22)8-18(24)31(29-10)30-17-9-16-19(21(26)20(17)25)14(23)7-15(28-16)11-3-5-12(27-2)6-4-11/h3-7,9-10,13,18,22,24-26H,8H2,1-2H3/t10-,13?,18-,31?/m1/s1. The fourth-order valence-electron chi connectivity index (χ4n) is 3.21. The maximum Gasteiger partial charge on any atom is 0.261 e. The topological polar surface area (TPSA) is 139 Å². The van der Waals surface area contributed by atoms with E-state index in [1.165, 1.54) is 19.2 Å². The molecule has 0 amide bonds. The second kappa shape index (κ2) is 8.36. The molecule has 0 radical (unpaired) electrons. The van der Waals surface area contributed by atoms with Crippen molar-refractivity contribution >= 4 is 19.3 Å². The summed E-state index contributed by atoms with van der Waals surface area (Å²) in [6.07, 6.45) is -1.38. The predicted octanol–water partition coefficient (Wildman–Crippen LogP) is 3.06. The van der Waals surface area contributed by atoms with E-state index in [9.17, 15) is 25.2 Å². The summed E-state index contributed by atoms with van der Waals surface area (Å²) in [5, 5.41) is 40.5. The maximum atomic E-state index is 12.6. The van der Waals surface area contributed by atoms with Crippen LogP contribution >= 0.6 is 8.38 Å².